The van der Waals surface area contributed by atoms with E-state index in [9.17, 15) is 13.2 Å². The Kier molecular flexibility index (Phi) is 7.14. The van der Waals surface area contributed by atoms with E-state index >= 15 is 0 Å². The lowest BCUT2D eigenvalue weighted by Gasteiger charge is -2.21. The first-order valence-corrected chi connectivity index (χ1v) is 8.79. The van der Waals surface area contributed by atoms with Crippen LogP contribution in [0.4, 0.5) is 0 Å². The van der Waals surface area contributed by atoms with Gasteiger partial charge in [-0.2, -0.15) is 0 Å². The van der Waals surface area contributed by atoms with Gasteiger partial charge in [-0.15, -0.1) is 0 Å². The molecule has 5 nitrogen and oxygen atoms in total. The van der Waals surface area contributed by atoms with E-state index in [1.165, 1.54) is 24.3 Å². The maximum atomic E-state index is 12.1. The first-order valence-electron chi connectivity index (χ1n) is 6.93. The summed E-state index contributed by atoms with van der Waals surface area (Å²) >= 11 is 5.72. The van der Waals surface area contributed by atoms with E-state index in [1.54, 1.807) is 4.90 Å². The zero-order valence-corrected chi connectivity index (χ0v) is 13.9. The van der Waals surface area contributed by atoms with Crippen LogP contribution in [0.25, 0.3) is 0 Å². The van der Waals surface area contributed by atoms with Crippen LogP contribution in [0.15, 0.2) is 29.2 Å². The standard InChI is InChI=1S/C14H21ClN2O3S/c1-3-9-17(10-4-2)14(18)11-16-21(19,20)13-7-5-12(15)6-8-13/h5-8,16H,3-4,9-11H2,1-2H3. The van der Waals surface area contributed by atoms with Gasteiger partial charge in [0.25, 0.3) is 0 Å². The number of benzene rings is 1. The molecule has 7 heteroatoms. The van der Waals surface area contributed by atoms with Crippen LogP contribution >= 0.6 is 11.6 Å². The second-order valence-corrected chi connectivity index (χ2v) is 6.86. The first kappa shape index (κ1) is 17.9. The van der Waals surface area contributed by atoms with Crippen molar-refractivity contribution in [1.29, 1.82) is 0 Å². The van der Waals surface area contributed by atoms with E-state index in [1.807, 2.05) is 13.8 Å². The zero-order valence-electron chi connectivity index (χ0n) is 12.3. The molecule has 1 amide bonds. The van der Waals surface area contributed by atoms with E-state index in [0.717, 1.165) is 12.8 Å². The van der Waals surface area contributed by atoms with Gasteiger partial charge in [-0.25, -0.2) is 13.1 Å². The highest BCUT2D eigenvalue weighted by atomic mass is 35.5. The molecule has 1 aromatic carbocycles. The van der Waals surface area contributed by atoms with Crippen LogP contribution in [0.2, 0.25) is 5.02 Å². The summed E-state index contributed by atoms with van der Waals surface area (Å²) in [4.78, 5) is 13.8. The smallest absolute Gasteiger partial charge is 0.241 e. The largest absolute Gasteiger partial charge is 0.342 e. The molecule has 0 aliphatic carbocycles. The van der Waals surface area contributed by atoms with Crippen LogP contribution in [-0.2, 0) is 14.8 Å². The highest BCUT2D eigenvalue weighted by molar-refractivity contribution is 7.89. The van der Waals surface area contributed by atoms with Crippen molar-refractivity contribution in [3.05, 3.63) is 29.3 Å². The Balaban J connectivity index is 2.68. The van der Waals surface area contributed by atoms with E-state index in [4.69, 9.17) is 11.6 Å². The minimum absolute atomic E-state index is 0.0947. The van der Waals surface area contributed by atoms with Crippen molar-refractivity contribution in [2.45, 2.75) is 31.6 Å². The molecule has 0 saturated heterocycles. The quantitative estimate of drug-likeness (QED) is 0.794. The third-order valence-corrected chi connectivity index (χ3v) is 4.55. The van der Waals surface area contributed by atoms with Gasteiger partial charge in [0.2, 0.25) is 15.9 Å². The van der Waals surface area contributed by atoms with Crippen LogP contribution < -0.4 is 4.72 Å². The van der Waals surface area contributed by atoms with Crippen molar-refractivity contribution in [3.8, 4) is 0 Å². The Morgan fingerprint density at radius 1 is 1.14 bits per heavy atom. The summed E-state index contributed by atoms with van der Waals surface area (Å²) < 4.78 is 26.5. The van der Waals surface area contributed by atoms with Crippen LogP contribution in [-0.4, -0.2) is 38.9 Å². The molecule has 0 aliphatic heterocycles. The maximum Gasteiger partial charge on any atom is 0.241 e. The second-order valence-electron chi connectivity index (χ2n) is 4.66. The number of halogens is 1. The summed E-state index contributed by atoms with van der Waals surface area (Å²) in [7, 11) is -3.69. The van der Waals surface area contributed by atoms with E-state index in [0.29, 0.717) is 18.1 Å². The number of hydrogen-bond donors (Lipinski definition) is 1. The predicted octanol–water partition coefficient (Wildman–Crippen LogP) is 2.27. The summed E-state index contributed by atoms with van der Waals surface area (Å²) in [6, 6.07) is 5.81. The van der Waals surface area contributed by atoms with Gasteiger partial charge in [0.1, 0.15) is 0 Å². The lowest BCUT2D eigenvalue weighted by molar-refractivity contribution is -0.130. The van der Waals surface area contributed by atoms with Gasteiger partial charge in [0.15, 0.2) is 0 Å². The first-order chi connectivity index (χ1) is 9.90. The lowest BCUT2D eigenvalue weighted by atomic mass is 10.3. The van der Waals surface area contributed by atoms with Crippen LogP contribution in [0.5, 0.6) is 0 Å². The monoisotopic (exact) mass is 332 g/mol. The summed E-state index contributed by atoms with van der Waals surface area (Å²) in [6.45, 7) is 5.00. The molecule has 1 N–H and O–H groups in total. The van der Waals surface area contributed by atoms with Gasteiger partial charge >= 0.3 is 0 Å². The molecule has 0 saturated carbocycles. The fourth-order valence-corrected chi connectivity index (χ4v) is 2.97. The molecule has 1 aromatic rings. The number of nitrogens with zero attached hydrogens (tertiary/aromatic N) is 1. The third kappa shape index (κ3) is 5.65. The Hall–Kier alpha value is -1.11. The molecule has 0 unspecified atom stereocenters. The topological polar surface area (TPSA) is 66.5 Å². The number of rotatable bonds is 8. The molecule has 0 radical (unpaired) electrons. The van der Waals surface area contributed by atoms with E-state index in [2.05, 4.69) is 4.72 Å². The summed E-state index contributed by atoms with van der Waals surface area (Å²) in [5.41, 5.74) is 0. The molecule has 118 valence electrons. The predicted molar refractivity (Wildman–Crippen MR) is 83.8 cm³/mol. The minimum Gasteiger partial charge on any atom is -0.342 e. The molecule has 21 heavy (non-hydrogen) atoms. The zero-order chi connectivity index (χ0) is 15.9. The van der Waals surface area contributed by atoms with E-state index in [-0.39, 0.29) is 17.3 Å². The SMILES string of the molecule is CCCN(CCC)C(=O)CNS(=O)(=O)c1ccc(Cl)cc1. The molecule has 0 atom stereocenters. The van der Waals surface area contributed by atoms with Gasteiger partial charge in [-0.1, -0.05) is 25.4 Å². The number of carbonyl (C=O) groups excluding carboxylic acids is 1. The fraction of sp³-hybridized carbons (Fsp3) is 0.500. The molecule has 1 rings (SSSR count). The van der Waals surface area contributed by atoms with Crippen molar-refractivity contribution >= 4 is 27.5 Å². The number of hydrogen-bond acceptors (Lipinski definition) is 3. The van der Waals surface area contributed by atoms with Crippen LogP contribution in [0.3, 0.4) is 0 Å². The highest BCUT2D eigenvalue weighted by Gasteiger charge is 2.18. The third-order valence-electron chi connectivity index (χ3n) is 2.88. The average molecular weight is 333 g/mol. The molecule has 0 bridgehead atoms. The van der Waals surface area contributed by atoms with Crippen molar-refractivity contribution in [3.63, 3.8) is 0 Å². The minimum atomic E-state index is -3.69. The van der Waals surface area contributed by atoms with Crippen molar-refractivity contribution in [2.75, 3.05) is 19.6 Å². The van der Waals surface area contributed by atoms with Crippen LogP contribution in [0, 0.1) is 0 Å². The van der Waals surface area contributed by atoms with Gasteiger partial charge in [0, 0.05) is 18.1 Å². The fourth-order valence-electron chi connectivity index (χ4n) is 1.87. The van der Waals surface area contributed by atoms with Crippen molar-refractivity contribution in [2.24, 2.45) is 0 Å². The summed E-state index contributed by atoms with van der Waals surface area (Å²) in [6.07, 6.45) is 1.69. The Morgan fingerprint density at radius 2 is 1.67 bits per heavy atom. The van der Waals surface area contributed by atoms with Gasteiger partial charge in [-0.3, -0.25) is 4.79 Å². The molecule has 0 aromatic heterocycles. The molecule has 0 fully saturated rings. The molecular weight excluding hydrogens is 312 g/mol. The van der Waals surface area contributed by atoms with E-state index < -0.39 is 10.0 Å². The number of nitrogens with one attached hydrogen (secondary N) is 1. The molecule has 0 spiro atoms. The summed E-state index contributed by atoms with van der Waals surface area (Å²) in [5.74, 6) is -0.212. The average Bonchev–Trinajstić information content (AvgIpc) is 2.45. The molecule has 0 aliphatic rings. The van der Waals surface area contributed by atoms with Gasteiger partial charge in [-0.05, 0) is 37.1 Å². The normalized spacial score (nSPS) is 11.4. The van der Waals surface area contributed by atoms with Gasteiger partial charge < -0.3 is 4.90 Å². The van der Waals surface area contributed by atoms with Crippen molar-refractivity contribution < 1.29 is 13.2 Å². The Labute approximate surface area is 131 Å². The lowest BCUT2D eigenvalue weighted by Crippen LogP contribution is -2.40. The number of carbonyl (C=O) groups is 1. The second kappa shape index (κ2) is 8.36. The summed E-state index contributed by atoms with van der Waals surface area (Å²) in [5, 5.41) is 0.460. The van der Waals surface area contributed by atoms with Gasteiger partial charge in [0.05, 0.1) is 11.4 Å². The Bertz CT molecular complexity index is 552. The van der Waals surface area contributed by atoms with Crippen LogP contribution in [0.1, 0.15) is 26.7 Å². The Morgan fingerprint density at radius 3 is 2.14 bits per heavy atom. The highest BCUT2D eigenvalue weighted by Crippen LogP contribution is 2.13. The molecular formula is C14H21ClN2O3S. The molecule has 0 heterocycles. The number of sulfonamides is 1. The van der Waals surface area contributed by atoms with Crippen molar-refractivity contribution in [1.82, 2.24) is 9.62 Å². The maximum absolute atomic E-state index is 12.1. The number of amides is 1.